The maximum atomic E-state index is 12.5. The molecule has 1 aliphatic heterocycles. The molecule has 1 atom stereocenters. The zero-order valence-electron chi connectivity index (χ0n) is 16.3. The van der Waals surface area contributed by atoms with Crippen molar-refractivity contribution < 1.29 is 14.1 Å². The number of nitrogens with zero attached hydrogens (tertiary/aromatic N) is 3. The fourth-order valence-corrected chi connectivity index (χ4v) is 3.14. The Morgan fingerprint density at radius 2 is 1.85 bits per heavy atom. The fraction of sp³-hybridized carbons (Fsp3) is 0.450. The zero-order chi connectivity index (χ0) is 19.6. The van der Waals surface area contributed by atoms with Gasteiger partial charge >= 0.3 is 0 Å². The van der Waals surface area contributed by atoms with Crippen LogP contribution in [0.15, 0.2) is 28.8 Å². The van der Waals surface area contributed by atoms with Gasteiger partial charge in [0.2, 0.25) is 5.91 Å². The van der Waals surface area contributed by atoms with Gasteiger partial charge in [0.25, 0.3) is 5.91 Å². The van der Waals surface area contributed by atoms with Gasteiger partial charge in [-0.2, -0.15) is 0 Å². The van der Waals surface area contributed by atoms with Gasteiger partial charge in [-0.05, 0) is 39.4 Å². The molecule has 0 unspecified atom stereocenters. The highest BCUT2D eigenvalue weighted by atomic mass is 16.5. The summed E-state index contributed by atoms with van der Waals surface area (Å²) in [6, 6.07) is 7.03. The Hall–Kier alpha value is -2.67. The molecule has 27 heavy (non-hydrogen) atoms. The lowest BCUT2D eigenvalue weighted by molar-refractivity contribution is -0.134. The van der Waals surface area contributed by atoms with Crippen LogP contribution >= 0.6 is 0 Å². The Kier molecular flexibility index (Phi) is 5.60. The monoisotopic (exact) mass is 370 g/mol. The smallest absolute Gasteiger partial charge is 0.274 e. The Morgan fingerprint density at radius 1 is 1.15 bits per heavy atom. The van der Waals surface area contributed by atoms with Crippen LogP contribution in [0, 0.1) is 13.8 Å². The number of carbonyl (C=O) groups is 2. The van der Waals surface area contributed by atoms with Crippen molar-refractivity contribution in [2.24, 2.45) is 0 Å². The molecule has 0 aliphatic carbocycles. The molecule has 0 saturated carbocycles. The molecule has 3 rings (SSSR count). The number of benzene rings is 1. The average Bonchev–Trinajstić information content (AvgIpc) is 3.13. The maximum Gasteiger partial charge on any atom is 0.274 e. The van der Waals surface area contributed by atoms with Gasteiger partial charge in [0.1, 0.15) is 6.04 Å². The van der Waals surface area contributed by atoms with Crippen LogP contribution in [0.2, 0.25) is 0 Å². The van der Waals surface area contributed by atoms with Crippen LogP contribution in [0.3, 0.4) is 0 Å². The molecule has 1 aromatic carbocycles. The van der Waals surface area contributed by atoms with E-state index in [1.807, 2.05) is 39.1 Å². The van der Waals surface area contributed by atoms with E-state index in [4.69, 9.17) is 4.52 Å². The van der Waals surface area contributed by atoms with E-state index < -0.39 is 11.9 Å². The molecule has 7 heteroatoms. The predicted molar refractivity (Wildman–Crippen MR) is 102 cm³/mol. The third-order valence-corrected chi connectivity index (χ3v) is 4.93. The molecular weight excluding hydrogens is 344 g/mol. The van der Waals surface area contributed by atoms with Crippen molar-refractivity contribution in [2.75, 3.05) is 33.2 Å². The molecule has 0 bridgehead atoms. The summed E-state index contributed by atoms with van der Waals surface area (Å²) in [4.78, 5) is 29.0. The Labute approximate surface area is 159 Å². The number of hydrogen-bond donors (Lipinski definition) is 1. The van der Waals surface area contributed by atoms with Crippen LogP contribution in [0.25, 0.3) is 11.3 Å². The SMILES string of the molecule is Cc1ccc(C)c(-c2cc(C(=O)N[C@H](C)C(=O)N3CCN(C)CC3)no2)c1. The zero-order valence-corrected chi connectivity index (χ0v) is 16.3. The third kappa shape index (κ3) is 4.36. The van der Waals surface area contributed by atoms with Crippen LogP contribution < -0.4 is 5.32 Å². The molecule has 1 aliphatic rings. The molecule has 0 radical (unpaired) electrons. The highest BCUT2D eigenvalue weighted by Gasteiger charge is 2.26. The first kappa shape index (κ1) is 19.1. The molecular formula is C20H26N4O3. The lowest BCUT2D eigenvalue weighted by Crippen LogP contribution is -2.53. The molecule has 2 heterocycles. The minimum Gasteiger partial charge on any atom is -0.355 e. The minimum atomic E-state index is -0.609. The van der Waals surface area contributed by atoms with E-state index in [-0.39, 0.29) is 11.6 Å². The number of rotatable bonds is 4. The second kappa shape index (κ2) is 7.92. The molecule has 144 valence electrons. The van der Waals surface area contributed by atoms with Crippen molar-refractivity contribution in [3.05, 3.63) is 41.1 Å². The summed E-state index contributed by atoms with van der Waals surface area (Å²) in [6.45, 7) is 8.72. The Morgan fingerprint density at radius 3 is 2.56 bits per heavy atom. The largest absolute Gasteiger partial charge is 0.355 e. The van der Waals surface area contributed by atoms with Crippen molar-refractivity contribution in [1.29, 1.82) is 0 Å². The quantitative estimate of drug-likeness (QED) is 0.889. The third-order valence-electron chi connectivity index (χ3n) is 4.93. The van der Waals surface area contributed by atoms with E-state index in [0.29, 0.717) is 18.8 Å². The number of aryl methyl sites for hydroxylation is 2. The van der Waals surface area contributed by atoms with Crippen LogP contribution in [0.1, 0.15) is 28.5 Å². The molecule has 2 aromatic rings. The summed E-state index contributed by atoms with van der Waals surface area (Å²) in [5.74, 6) is 0.0550. The molecule has 0 spiro atoms. The van der Waals surface area contributed by atoms with E-state index in [2.05, 4.69) is 15.4 Å². The van der Waals surface area contributed by atoms with Gasteiger partial charge in [-0.15, -0.1) is 0 Å². The van der Waals surface area contributed by atoms with Gasteiger partial charge in [-0.3, -0.25) is 9.59 Å². The van der Waals surface area contributed by atoms with E-state index in [9.17, 15) is 9.59 Å². The van der Waals surface area contributed by atoms with E-state index in [0.717, 1.165) is 29.8 Å². The van der Waals surface area contributed by atoms with Crippen LogP contribution in [-0.4, -0.2) is 66.0 Å². The summed E-state index contributed by atoms with van der Waals surface area (Å²) >= 11 is 0. The second-order valence-corrected chi connectivity index (χ2v) is 7.22. The average molecular weight is 370 g/mol. The van der Waals surface area contributed by atoms with Crippen molar-refractivity contribution in [2.45, 2.75) is 26.8 Å². The highest BCUT2D eigenvalue weighted by molar-refractivity contribution is 5.96. The van der Waals surface area contributed by atoms with Crippen molar-refractivity contribution >= 4 is 11.8 Å². The summed E-state index contributed by atoms with van der Waals surface area (Å²) in [6.07, 6.45) is 0. The summed E-state index contributed by atoms with van der Waals surface area (Å²) in [5.41, 5.74) is 3.22. The van der Waals surface area contributed by atoms with Crippen molar-refractivity contribution in [1.82, 2.24) is 20.3 Å². The molecule has 1 aromatic heterocycles. The van der Waals surface area contributed by atoms with E-state index in [1.165, 1.54) is 0 Å². The van der Waals surface area contributed by atoms with Gasteiger partial charge < -0.3 is 19.6 Å². The number of likely N-dealkylation sites (N-methyl/N-ethyl adjacent to an activating group) is 1. The fourth-order valence-electron chi connectivity index (χ4n) is 3.14. The molecule has 1 saturated heterocycles. The minimum absolute atomic E-state index is 0.0744. The number of hydrogen-bond acceptors (Lipinski definition) is 5. The van der Waals surface area contributed by atoms with Gasteiger partial charge in [-0.1, -0.05) is 22.9 Å². The first-order valence-corrected chi connectivity index (χ1v) is 9.17. The second-order valence-electron chi connectivity index (χ2n) is 7.22. The molecule has 2 amide bonds. The topological polar surface area (TPSA) is 78.7 Å². The Balaban J connectivity index is 1.65. The van der Waals surface area contributed by atoms with Gasteiger partial charge in [0, 0.05) is 37.8 Å². The standard InChI is InChI=1S/C20H26N4O3/c1-13-5-6-14(2)16(11-13)18-12-17(22-27-18)19(25)21-15(3)20(26)24-9-7-23(4)8-10-24/h5-6,11-12,15H,7-10H2,1-4H3,(H,21,25)/t15-/m1/s1. The number of nitrogens with one attached hydrogen (secondary N) is 1. The van der Waals surface area contributed by atoms with E-state index >= 15 is 0 Å². The predicted octanol–water partition coefficient (Wildman–Crippen LogP) is 1.85. The molecule has 1 N–H and O–H groups in total. The molecule has 1 fully saturated rings. The van der Waals surface area contributed by atoms with Gasteiger partial charge in [-0.25, -0.2) is 0 Å². The normalized spacial score (nSPS) is 16.2. The van der Waals surface area contributed by atoms with Crippen molar-refractivity contribution in [3.63, 3.8) is 0 Å². The first-order chi connectivity index (χ1) is 12.8. The maximum absolute atomic E-state index is 12.5. The van der Waals surface area contributed by atoms with Gasteiger partial charge in [0.05, 0.1) is 0 Å². The van der Waals surface area contributed by atoms with Crippen LogP contribution in [-0.2, 0) is 4.79 Å². The number of amides is 2. The Bertz CT molecular complexity index is 838. The summed E-state index contributed by atoms with van der Waals surface area (Å²) in [7, 11) is 2.03. The van der Waals surface area contributed by atoms with Crippen molar-refractivity contribution in [3.8, 4) is 11.3 Å². The van der Waals surface area contributed by atoms with E-state index in [1.54, 1.807) is 17.9 Å². The number of carbonyl (C=O) groups excluding carboxylic acids is 2. The number of piperazine rings is 1. The summed E-state index contributed by atoms with van der Waals surface area (Å²) in [5, 5.41) is 6.61. The summed E-state index contributed by atoms with van der Waals surface area (Å²) < 4.78 is 5.37. The molecule has 7 nitrogen and oxygen atoms in total. The van der Waals surface area contributed by atoms with Crippen LogP contribution in [0.5, 0.6) is 0 Å². The lowest BCUT2D eigenvalue weighted by atomic mass is 10.0. The first-order valence-electron chi connectivity index (χ1n) is 9.17. The number of aromatic nitrogens is 1. The lowest BCUT2D eigenvalue weighted by Gasteiger charge is -2.34. The van der Waals surface area contributed by atoms with Gasteiger partial charge in [0.15, 0.2) is 11.5 Å². The highest BCUT2D eigenvalue weighted by Crippen LogP contribution is 2.25. The van der Waals surface area contributed by atoms with Crippen LogP contribution in [0.4, 0.5) is 0 Å².